The number of aromatic amines is 1. The number of para-hydroxylation sites is 1. The topological polar surface area (TPSA) is 15.8 Å². The first kappa shape index (κ1) is 12.6. The van der Waals surface area contributed by atoms with E-state index in [9.17, 15) is 0 Å². The van der Waals surface area contributed by atoms with Gasteiger partial charge < -0.3 is 4.98 Å². The van der Waals surface area contributed by atoms with Crippen molar-refractivity contribution in [1.82, 2.24) is 4.98 Å². The number of fused-ring (bicyclic) bond motifs is 7. The van der Waals surface area contributed by atoms with Crippen LogP contribution in [0.3, 0.4) is 0 Å². The minimum absolute atomic E-state index is 1.21. The lowest BCUT2D eigenvalue weighted by Gasteiger charge is -1.98. The van der Waals surface area contributed by atoms with E-state index in [-0.39, 0.29) is 0 Å². The number of benzene rings is 4. The first-order valence-electron chi connectivity index (χ1n) is 8.12. The van der Waals surface area contributed by atoms with Gasteiger partial charge >= 0.3 is 0 Å². The van der Waals surface area contributed by atoms with E-state index in [1.165, 1.54) is 52.8 Å². The molecule has 6 aromatic rings. The summed E-state index contributed by atoms with van der Waals surface area (Å²) in [7, 11) is 0. The van der Waals surface area contributed by atoms with Gasteiger partial charge in [-0.3, -0.25) is 0 Å². The molecule has 4 aromatic carbocycles. The minimum atomic E-state index is 1.21. The Hall–Kier alpha value is -2.84. The van der Waals surface area contributed by atoms with E-state index in [4.69, 9.17) is 0 Å². The van der Waals surface area contributed by atoms with Crippen LogP contribution in [0.2, 0.25) is 0 Å². The van der Waals surface area contributed by atoms with Crippen molar-refractivity contribution in [2.45, 2.75) is 0 Å². The Morgan fingerprint density at radius 1 is 0.542 bits per heavy atom. The Balaban J connectivity index is 1.81. The molecule has 0 radical (unpaired) electrons. The molecular formula is C22H13NS. The van der Waals surface area contributed by atoms with Crippen LogP contribution in [-0.4, -0.2) is 4.98 Å². The zero-order valence-corrected chi connectivity index (χ0v) is 13.7. The number of hydrogen-bond donors (Lipinski definition) is 1. The highest BCUT2D eigenvalue weighted by atomic mass is 32.1. The SMILES string of the molecule is c1ccc2cc3c(cc2c1)sc1cc2c(cc13)[nH]c1ccccc12. The Labute approximate surface area is 142 Å². The average molecular weight is 323 g/mol. The van der Waals surface area contributed by atoms with Crippen LogP contribution in [0.25, 0.3) is 52.8 Å². The highest BCUT2D eigenvalue weighted by molar-refractivity contribution is 7.26. The molecule has 0 saturated heterocycles. The lowest BCUT2D eigenvalue weighted by Crippen LogP contribution is -1.72. The van der Waals surface area contributed by atoms with E-state index in [0.717, 1.165) is 0 Å². The molecule has 0 bridgehead atoms. The van der Waals surface area contributed by atoms with Gasteiger partial charge in [-0.25, -0.2) is 0 Å². The van der Waals surface area contributed by atoms with Gasteiger partial charge in [0.05, 0.1) is 0 Å². The standard InChI is InChI=1S/C22H13NS/c1-2-6-14-10-21-17(9-13(14)5-1)18-11-20-16(12-22(18)24-21)15-7-3-4-8-19(15)23-20/h1-12,23H. The third-order valence-electron chi connectivity index (χ3n) is 4.96. The molecule has 0 saturated carbocycles. The largest absolute Gasteiger partial charge is 0.354 e. The fourth-order valence-corrected chi connectivity index (χ4v) is 4.96. The summed E-state index contributed by atoms with van der Waals surface area (Å²) in [5.41, 5.74) is 2.43. The molecule has 0 spiro atoms. The van der Waals surface area contributed by atoms with Gasteiger partial charge in [-0.05, 0) is 41.1 Å². The van der Waals surface area contributed by atoms with Crippen molar-refractivity contribution in [1.29, 1.82) is 0 Å². The van der Waals surface area contributed by atoms with E-state index in [0.29, 0.717) is 0 Å². The Morgan fingerprint density at radius 3 is 2.17 bits per heavy atom. The number of thiophene rings is 1. The minimum Gasteiger partial charge on any atom is -0.354 e. The van der Waals surface area contributed by atoms with Crippen LogP contribution in [0.15, 0.2) is 72.8 Å². The van der Waals surface area contributed by atoms with Gasteiger partial charge in [0.1, 0.15) is 0 Å². The molecule has 0 fully saturated rings. The summed E-state index contributed by atoms with van der Waals surface area (Å²) >= 11 is 1.89. The van der Waals surface area contributed by atoms with Crippen molar-refractivity contribution >= 4 is 64.1 Å². The molecule has 0 aliphatic heterocycles. The normalized spacial score (nSPS) is 12.2. The van der Waals surface area contributed by atoms with E-state index >= 15 is 0 Å². The molecule has 0 atom stereocenters. The highest BCUT2D eigenvalue weighted by Gasteiger charge is 2.10. The van der Waals surface area contributed by atoms with E-state index in [2.05, 4.69) is 77.8 Å². The number of nitrogens with one attached hydrogen (secondary N) is 1. The third kappa shape index (κ3) is 1.58. The van der Waals surface area contributed by atoms with Crippen LogP contribution in [0.5, 0.6) is 0 Å². The number of H-pyrrole nitrogens is 1. The van der Waals surface area contributed by atoms with Crippen molar-refractivity contribution in [2.24, 2.45) is 0 Å². The van der Waals surface area contributed by atoms with Crippen molar-refractivity contribution in [3.05, 3.63) is 72.8 Å². The lowest BCUT2D eigenvalue weighted by atomic mass is 10.1. The third-order valence-corrected chi connectivity index (χ3v) is 6.08. The molecule has 0 unspecified atom stereocenters. The lowest BCUT2D eigenvalue weighted by molar-refractivity contribution is 1.56. The van der Waals surface area contributed by atoms with Gasteiger partial charge in [0.2, 0.25) is 0 Å². The first-order valence-corrected chi connectivity index (χ1v) is 8.94. The van der Waals surface area contributed by atoms with E-state index in [1.807, 2.05) is 11.3 Å². The second kappa shape index (κ2) is 4.37. The predicted octanol–water partition coefficient (Wildman–Crippen LogP) is 6.84. The van der Waals surface area contributed by atoms with Gasteiger partial charge in [-0.1, -0.05) is 42.5 Å². The molecule has 2 heterocycles. The summed E-state index contributed by atoms with van der Waals surface area (Å²) in [4.78, 5) is 3.57. The maximum atomic E-state index is 3.57. The van der Waals surface area contributed by atoms with Crippen molar-refractivity contribution in [2.75, 3.05) is 0 Å². The maximum Gasteiger partial charge on any atom is 0.0472 e. The monoisotopic (exact) mass is 323 g/mol. The van der Waals surface area contributed by atoms with Gasteiger partial charge in [0.15, 0.2) is 0 Å². The number of aromatic nitrogens is 1. The van der Waals surface area contributed by atoms with Crippen molar-refractivity contribution in [3.8, 4) is 0 Å². The first-order chi connectivity index (χ1) is 11.9. The Kier molecular flexibility index (Phi) is 2.29. The summed E-state index contributed by atoms with van der Waals surface area (Å²) in [6, 6.07) is 26.5. The molecule has 2 aromatic heterocycles. The summed E-state index contributed by atoms with van der Waals surface area (Å²) in [6.07, 6.45) is 0. The molecule has 1 nitrogen and oxygen atoms in total. The smallest absolute Gasteiger partial charge is 0.0472 e. The zero-order valence-electron chi connectivity index (χ0n) is 12.8. The second-order valence-electron chi connectivity index (χ2n) is 6.36. The quantitative estimate of drug-likeness (QED) is 0.315. The van der Waals surface area contributed by atoms with Crippen LogP contribution in [0, 0.1) is 0 Å². The van der Waals surface area contributed by atoms with Crippen LogP contribution in [-0.2, 0) is 0 Å². The van der Waals surface area contributed by atoms with Crippen LogP contribution in [0.1, 0.15) is 0 Å². The van der Waals surface area contributed by atoms with Crippen molar-refractivity contribution in [3.63, 3.8) is 0 Å². The van der Waals surface area contributed by atoms with Crippen LogP contribution < -0.4 is 0 Å². The molecule has 0 aliphatic rings. The summed E-state index contributed by atoms with van der Waals surface area (Å²) < 4.78 is 2.72. The molecule has 6 rings (SSSR count). The molecular weight excluding hydrogens is 310 g/mol. The second-order valence-corrected chi connectivity index (χ2v) is 7.45. The Bertz CT molecular complexity index is 1400. The maximum absolute atomic E-state index is 3.57. The molecule has 1 N–H and O–H groups in total. The predicted molar refractivity (Wildman–Crippen MR) is 106 cm³/mol. The van der Waals surface area contributed by atoms with E-state index < -0.39 is 0 Å². The molecule has 24 heavy (non-hydrogen) atoms. The van der Waals surface area contributed by atoms with Crippen LogP contribution >= 0.6 is 11.3 Å². The van der Waals surface area contributed by atoms with Gasteiger partial charge in [0.25, 0.3) is 0 Å². The summed E-state index contributed by atoms with van der Waals surface area (Å²) in [6.45, 7) is 0. The fraction of sp³-hybridized carbons (Fsp3) is 0. The highest BCUT2D eigenvalue weighted by Crippen LogP contribution is 2.39. The number of rotatable bonds is 0. The molecule has 112 valence electrons. The van der Waals surface area contributed by atoms with E-state index in [1.54, 1.807) is 0 Å². The van der Waals surface area contributed by atoms with Crippen LogP contribution in [0.4, 0.5) is 0 Å². The van der Waals surface area contributed by atoms with Gasteiger partial charge in [-0.2, -0.15) is 0 Å². The summed E-state index contributed by atoms with van der Waals surface area (Å²) in [5, 5.41) is 7.94. The van der Waals surface area contributed by atoms with Gasteiger partial charge in [0, 0.05) is 42.0 Å². The molecule has 2 heteroatoms. The molecule has 0 amide bonds. The average Bonchev–Trinajstić information content (AvgIpc) is 3.15. The fourth-order valence-electron chi connectivity index (χ4n) is 3.81. The summed E-state index contributed by atoms with van der Waals surface area (Å²) in [5.74, 6) is 0. The number of hydrogen-bond acceptors (Lipinski definition) is 1. The molecule has 0 aliphatic carbocycles. The zero-order chi connectivity index (χ0) is 15.7. The van der Waals surface area contributed by atoms with Gasteiger partial charge in [-0.15, -0.1) is 11.3 Å². The Morgan fingerprint density at radius 2 is 1.25 bits per heavy atom. The van der Waals surface area contributed by atoms with Crippen molar-refractivity contribution < 1.29 is 0 Å².